The topological polar surface area (TPSA) is 102 Å². The Balaban J connectivity index is 1.54. The van der Waals surface area contributed by atoms with E-state index in [2.05, 4.69) is 15.6 Å². The average Bonchev–Trinajstić information content (AvgIpc) is 3.35. The number of carbonyl (C=O) groups excluding carboxylic acids is 2. The van der Waals surface area contributed by atoms with Crippen LogP contribution in [0, 0.1) is 0 Å². The van der Waals surface area contributed by atoms with E-state index in [0.717, 1.165) is 16.5 Å². The molecule has 190 valence electrons. The molecule has 4 aromatic rings. The molecular weight excluding hydrogens is 470 g/mol. The number of aromatic amines is 1. The number of carbonyl (C=O) groups is 2. The van der Waals surface area contributed by atoms with E-state index in [1.165, 1.54) is 7.11 Å². The van der Waals surface area contributed by atoms with Gasteiger partial charge in [0.1, 0.15) is 11.4 Å². The van der Waals surface area contributed by atoms with E-state index in [4.69, 9.17) is 14.2 Å². The predicted octanol–water partition coefficient (Wildman–Crippen LogP) is 4.32. The minimum Gasteiger partial charge on any atom is -0.497 e. The van der Waals surface area contributed by atoms with Gasteiger partial charge in [0.25, 0.3) is 11.8 Å². The van der Waals surface area contributed by atoms with Gasteiger partial charge >= 0.3 is 0 Å². The lowest BCUT2D eigenvalue weighted by atomic mass is 10.1. The van der Waals surface area contributed by atoms with Gasteiger partial charge in [-0.2, -0.15) is 0 Å². The lowest BCUT2D eigenvalue weighted by Crippen LogP contribution is -2.35. The van der Waals surface area contributed by atoms with E-state index in [1.54, 1.807) is 62.8 Å². The summed E-state index contributed by atoms with van der Waals surface area (Å²) in [4.78, 5) is 29.4. The normalized spacial score (nSPS) is 11.2. The number of hydrogen-bond acceptors (Lipinski definition) is 5. The third-order valence-electron chi connectivity index (χ3n) is 5.92. The van der Waals surface area contributed by atoms with Gasteiger partial charge in [-0.1, -0.05) is 24.3 Å². The number of para-hydroxylation sites is 1. The van der Waals surface area contributed by atoms with Gasteiger partial charge in [0, 0.05) is 29.2 Å². The Morgan fingerprint density at radius 1 is 0.892 bits per heavy atom. The Kier molecular flexibility index (Phi) is 8.10. The van der Waals surface area contributed by atoms with Crippen LogP contribution < -0.4 is 24.8 Å². The van der Waals surface area contributed by atoms with Gasteiger partial charge in [0.2, 0.25) is 0 Å². The summed E-state index contributed by atoms with van der Waals surface area (Å²) in [5.74, 6) is 0.883. The van der Waals surface area contributed by atoms with Crippen molar-refractivity contribution in [2.75, 3.05) is 27.9 Å². The van der Waals surface area contributed by atoms with Gasteiger partial charge in [0.05, 0.1) is 21.3 Å². The first kappa shape index (κ1) is 25.4. The highest BCUT2D eigenvalue weighted by Gasteiger charge is 2.16. The molecule has 0 unspecified atom stereocenters. The first-order chi connectivity index (χ1) is 18.0. The van der Waals surface area contributed by atoms with Gasteiger partial charge in [-0.3, -0.25) is 9.59 Å². The van der Waals surface area contributed by atoms with Crippen molar-refractivity contribution >= 4 is 28.8 Å². The molecule has 0 aliphatic carbocycles. The molecule has 0 saturated carbocycles. The van der Waals surface area contributed by atoms with E-state index in [-0.39, 0.29) is 5.70 Å². The summed E-state index contributed by atoms with van der Waals surface area (Å²) in [6.45, 7) is 0.391. The van der Waals surface area contributed by atoms with Crippen molar-refractivity contribution < 1.29 is 23.8 Å². The Bertz CT molecular complexity index is 1420. The van der Waals surface area contributed by atoms with Crippen LogP contribution in [0.15, 0.2) is 78.6 Å². The molecule has 0 spiro atoms. The zero-order chi connectivity index (χ0) is 26.2. The number of rotatable bonds is 10. The van der Waals surface area contributed by atoms with E-state index in [9.17, 15) is 9.59 Å². The number of nitrogens with one attached hydrogen (secondary N) is 3. The van der Waals surface area contributed by atoms with Crippen molar-refractivity contribution in [3.63, 3.8) is 0 Å². The number of hydrogen-bond donors (Lipinski definition) is 3. The molecule has 0 aliphatic heterocycles. The second kappa shape index (κ2) is 11.8. The minimum absolute atomic E-state index is 0.104. The summed E-state index contributed by atoms with van der Waals surface area (Å²) in [6.07, 6.45) is 4.18. The van der Waals surface area contributed by atoms with Crippen LogP contribution in [0.5, 0.6) is 17.2 Å². The highest BCUT2D eigenvalue weighted by atomic mass is 16.5. The number of H-pyrrole nitrogens is 1. The summed E-state index contributed by atoms with van der Waals surface area (Å²) in [5.41, 5.74) is 3.31. The third kappa shape index (κ3) is 6.10. The van der Waals surface area contributed by atoms with Crippen LogP contribution in [0.25, 0.3) is 17.0 Å². The molecule has 0 radical (unpaired) electrons. The van der Waals surface area contributed by atoms with Crippen LogP contribution in [0.2, 0.25) is 0 Å². The van der Waals surface area contributed by atoms with Crippen LogP contribution in [-0.4, -0.2) is 44.7 Å². The number of amides is 2. The average molecular weight is 500 g/mol. The molecule has 3 N–H and O–H groups in total. The maximum atomic E-state index is 13.2. The molecule has 3 aromatic carbocycles. The largest absolute Gasteiger partial charge is 0.497 e. The molecule has 4 rings (SSSR count). The quantitative estimate of drug-likeness (QED) is 0.282. The molecule has 1 aromatic heterocycles. The molecule has 8 nitrogen and oxygen atoms in total. The smallest absolute Gasteiger partial charge is 0.267 e. The maximum Gasteiger partial charge on any atom is 0.267 e. The number of benzene rings is 3. The zero-order valence-corrected chi connectivity index (χ0v) is 21.0. The summed E-state index contributed by atoms with van der Waals surface area (Å²) >= 11 is 0. The monoisotopic (exact) mass is 499 g/mol. The summed E-state index contributed by atoms with van der Waals surface area (Å²) in [6, 6.07) is 19.9. The minimum atomic E-state index is -0.416. The fourth-order valence-corrected chi connectivity index (χ4v) is 3.95. The SMILES string of the molecule is COc1ccc(C(=O)N/C(=C/c2ccc(OC)c(OC)c2)C(=O)NCCc2c[nH]c3ccccc23)cc1. The summed E-state index contributed by atoms with van der Waals surface area (Å²) in [5, 5.41) is 6.79. The Hall–Kier alpha value is -4.72. The Morgan fingerprint density at radius 2 is 1.65 bits per heavy atom. The predicted molar refractivity (Wildman–Crippen MR) is 143 cm³/mol. The van der Waals surface area contributed by atoms with Crippen molar-refractivity contribution in [3.05, 3.63) is 95.3 Å². The standard InChI is InChI=1S/C29H29N3O5/c1-35-22-11-9-20(10-12-22)28(33)32-25(16-19-8-13-26(36-2)27(17-19)37-3)29(34)30-15-14-21-18-31-24-7-5-4-6-23(21)24/h4-13,16-18,31H,14-15H2,1-3H3,(H,30,34)(H,32,33)/b25-16+. The van der Waals surface area contributed by atoms with E-state index >= 15 is 0 Å². The highest BCUT2D eigenvalue weighted by molar-refractivity contribution is 6.05. The third-order valence-corrected chi connectivity index (χ3v) is 5.92. The van der Waals surface area contributed by atoms with Crippen LogP contribution in [0.3, 0.4) is 0 Å². The number of methoxy groups -OCH3 is 3. The second-order valence-corrected chi connectivity index (χ2v) is 8.22. The summed E-state index contributed by atoms with van der Waals surface area (Å²) < 4.78 is 15.8. The van der Waals surface area contributed by atoms with E-state index < -0.39 is 11.8 Å². The zero-order valence-electron chi connectivity index (χ0n) is 21.0. The summed E-state index contributed by atoms with van der Waals surface area (Å²) in [7, 11) is 4.64. The van der Waals surface area contributed by atoms with Crippen molar-refractivity contribution in [3.8, 4) is 17.2 Å². The molecule has 8 heteroatoms. The lowest BCUT2D eigenvalue weighted by molar-refractivity contribution is -0.117. The molecule has 1 heterocycles. The molecule has 0 saturated heterocycles. The second-order valence-electron chi connectivity index (χ2n) is 8.22. The van der Waals surface area contributed by atoms with Gasteiger partial charge in [-0.25, -0.2) is 0 Å². The van der Waals surface area contributed by atoms with Crippen molar-refractivity contribution in [2.24, 2.45) is 0 Å². The molecule has 0 aliphatic rings. The first-order valence-electron chi connectivity index (χ1n) is 11.7. The number of aromatic nitrogens is 1. The van der Waals surface area contributed by atoms with Crippen molar-refractivity contribution in [2.45, 2.75) is 6.42 Å². The highest BCUT2D eigenvalue weighted by Crippen LogP contribution is 2.28. The van der Waals surface area contributed by atoms with Crippen LogP contribution in [0.1, 0.15) is 21.5 Å². The molecule has 0 bridgehead atoms. The van der Waals surface area contributed by atoms with Crippen molar-refractivity contribution in [1.82, 2.24) is 15.6 Å². The molecule has 2 amide bonds. The van der Waals surface area contributed by atoms with Crippen LogP contribution in [-0.2, 0) is 11.2 Å². The van der Waals surface area contributed by atoms with Crippen molar-refractivity contribution in [1.29, 1.82) is 0 Å². The lowest BCUT2D eigenvalue weighted by Gasteiger charge is -2.13. The number of fused-ring (bicyclic) bond motifs is 1. The number of ether oxygens (including phenoxy) is 3. The molecular formula is C29H29N3O5. The van der Waals surface area contributed by atoms with E-state index in [1.807, 2.05) is 30.5 Å². The molecule has 0 atom stereocenters. The van der Waals surface area contributed by atoms with Crippen LogP contribution >= 0.6 is 0 Å². The maximum absolute atomic E-state index is 13.2. The van der Waals surface area contributed by atoms with Gasteiger partial charge in [-0.15, -0.1) is 0 Å². The fourth-order valence-electron chi connectivity index (χ4n) is 3.95. The first-order valence-corrected chi connectivity index (χ1v) is 11.7. The van der Waals surface area contributed by atoms with Gasteiger partial charge in [0.15, 0.2) is 11.5 Å². The van der Waals surface area contributed by atoms with Gasteiger partial charge in [-0.05, 0) is 66.1 Å². The van der Waals surface area contributed by atoms with Gasteiger partial charge < -0.3 is 29.8 Å². The Labute approximate surface area is 215 Å². The molecule has 0 fully saturated rings. The van der Waals surface area contributed by atoms with E-state index in [0.29, 0.717) is 41.3 Å². The Morgan fingerprint density at radius 3 is 2.38 bits per heavy atom. The van der Waals surface area contributed by atoms with Crippen LogP contribution in [0.4, 0.5) is 0 Å². The fraction of sp³-hybridized carbons (Fsp3) is 0.172. The molecule has 37 heavy (non-hydrogen) atoms.